The van der Waals surface area contributed by atoms with Gasteiger partial charge in [-0.15, -0.1) is 11.6 Å². The van der Waals surface area contributed by atoms with Crippen LogP contribution < -0.4 is 0 Å². The number of allylic oxidation sites excluding steroid dienone is 4. The summed E-state index contributed by atoms with van der Waals surface area (Å²) in [6.45, 7) is 13.2. The number of hydrogen-bond acceptors (Lipinski definition) is 6. The van der Waals surface area contributed by atoms with Gasteiger partial charge in [0.05, 0.1) is 11.0 Å². The molecule has 0 bridgehead atoms. The number of alkyl halides is 1. The molecular weight excluding hydrogens is 504 g/mol. The van der Waals surface area contributed by atoms with Gasteiger partial charge in [0.2, 0.25) is 5.78 Å². The van der Waals surface area contributed by atoms with Crippen LogP contribution in [-0.4, -0.2) is 46.0 Å². The van der Waals surface area contributed by atoms with E-state index in [1.54, 1.807) is 13.8 Å². The molecule has 1 N–H and O–H groups in total. The van der Waals surface area contributed by atoms with Gasteiger partial charge < -0.3 is 14.6 Å². The summed E-state index contributed by atoms with van der Waals surface area (Å²) in [7, 11) is 0. The van der Waals surface area contributed by atoms with Crippen molar-refractivity contribution in [3.05, 3.63) is 23.8 Å². The molecule has 4 aliphatic carbocycles. The number of fused-ring (bicyclic) bond motifs is 5. The molecule has 0 heterocycles. The maximum atomic E-state index is 13.9. The van der Waals surface area contributed by atoms with E-state index in [4.69, 9.17) is 21.1 Å². The Kier molecular flexibility index (Phi) is 9.30. The lowest BCUT2D eigenvalue weighted by Crippen LogP contribution is -2.69. The predicted octanol–water partition coefficient (Wildman–Crippen LogP) is 6.32. The van der Waals surface area contributed by atoms with Crippen molar-refractivity contribution in [1.29, 1.82) is 0 Å². The Morgan fingerprint density at radius 1 is 1.08 bits per heavy atom. The number of esters is 2. The number of hydrogen-bond donors (Lipinski definition) is 1. The number of ether oxygens (including phenoxy) is 2. The molecule has 214 valence electrons. The lowest BCUT2D eigenvalue weighted by atomic mass is 9.45. The number of carbonyl (C=O) groups excluding carboxylic acids is 3. The smallest absolute Gasteiger partial charge is 0.306 e. The molecule has 0 aromatic carbocycles. The van der Waals surface area contributed by atoms with Gasteiger partial charge in [0, 0.05) is 29.6 Å². The quantitative estimate of drug-likeness (QED) is 0.236. The van der Waals surface area contributed by atoms with Crippen molar-refractivity contribution >= 4 is 29.3 Å². The van der Waals surface area contributed by atoms with Crippen LogP contribution in [0.25, 0.3) is 0 Å². The van der Waals surface area contributed by atoms with Crippen molar-refractivity contribution in [2.24, 2.45) is 28.6 Å². The van der Waals surface area contributed by atoms with Crippen LogP contribution in [0, 0.1) is 28.6 Å². The maximum Gasteiger partial charge on any atom is 0.306 e. The molecule has 8 atom stereocenters. The van der Waals surface area contributed by atoms with Crippen molar-refractivity contribution < 1.29 is 29.0 Å². The summed E-state index contributed by atoms with van der Waals surface area (Å²) in [5.41, 5.74) is -1.54. The molecule has 0 aliphatic heterocycles. The second kappa shape index (κ2) is 11.4. The van der Waals surface area contributed by atoms with Crippen molar-refractivity contribution in [3.63, 3.8) is 0 Å². The average Bonchev–Trinajstić information content (AvgIpc) is 3.09. The highest BCUT2D eigenvalue weighted by atomic mass is 35.5. The first kappa shape index (κ1) is 30.9. The Hall–Kier alpha value is -1.66. The molecule has 0 aromatic rings. The number of halogens is 1. The molecule has 0 amide bonds. The van der Waals surface area contributed by atoms with E-state index in [1.165, 1.54) is 12.0 Å². The lowest BCUT2D eigenvalue weighted by Gasteiger charge is -2.64. The van der Waals surface area contributed by atoms with Crippen LogP contribution in [-0.2, 0) is 23.9 Å². The van der Waals surface area contributed by atoms with E-state index in [-0.39, 0.29) is 37.0 Å². The van der Waals surface area contributed by atoms with E-state index in [2.05, 4.69) is 39.0 Å². The van der Waals surface area contributed by atoms with Crippen molar-refractivity contribution in [1.82, 2.24) is 0 Å². The van der Waals surface area contributed by atoms with Crippen LogP contribution in [0.3, 0.4) is 0 Å². The summed E-state index contributed by atoms with van der Waals surface area (Å²) in [5, 5.41) is 11.8. The third kappa shape index (κ3) is 4.48. The van der Waals surface area contributed by atoms with E-state index in [1.807, 2.05) is 13.8 Å². The van der Waals surface area contributed by atoms with Gasteiger partial charge in [-0.3, -0.25) is 14.4 Å². The maximum absolute atomic E-state index is 13.9. The van der Waals surface area contributed by atoms with E-state index in [9.17, 15) is 19.5 Å². The highest BCUT2D eigenvalue weighted by Gasteiger charge is 2.76. The zero-order chi connectivity index (χ0) is 28.5. The molecule has 6 nitrogen and oxygen atoms in total. The van der Waals surface area contributed by atoms with Crippen molar-refractivity contribution in [2.45, 2.75) is 116 Å². The molecule has 0 saturated heterocycles. The zero-order valence-corrected chi connectivity index (χ0v) is 25.0. The van der Waals surface area contributed by atoms with Crippen LogP contribution in [0.1, 0.15) is 99.8 Å². The fourth-order valence-electron chi connectivity index (χ4n) is 8.14. The van der Waals surface area contributed by atoms with E-state index in [0.717, 1.165) is 19.3 Å². The molecule has 4 rings (SSSR count). The highest BCUT2D eigenvalue weighted by molar-refractivity contribution is 6.26. The summed E-state index contributed by atoms with van der Waals surface area (Å²) >= 11 is 7.54. The minimum absolute atomic E-state index is 0.0393. The van der Waals surface area contributed by atoms with Gasteiger partial charge in [0.1, 0.15) is 0 Å². The number of rotatable bonds is 6. The summed E-state index contributed by atoms with van der Waals surface area (Å²) in [4.78, 5) is 37.5. The molecule has 0 radical (unpaired) electrons. The monoisotopic (exact) mass is 550 g/mol. The summed E-state index contributed by atoms with van der Waals surface area (Å²) in [6.07, 6.45) is 10.6. The first-order valence-electron chi connectivity index (χ1n) is 14.5. The minimum atomic E-state index is -1.49. The second-order valence-electron chi connectivity index (χ2n) is 12.1. The predicted molar refractivity (Wildman–Crippen MR) is 149 cm³/mol. The molecule has 0 spiro atoms. The first-order valence-corrected chi connectivity index (χ1v) is 14.9. The number of Topliss-reactive ketones (excluding diaryl/α,β-unsaturated/α-hetero) is 1. The largest absolute Gasteiger partial charge is 0.457 e. The summed E-state index contributed by atoms with van der Waals surface area (Å²) in [5.74, 6) is -1.77. The fraction of sp³-hybridized carbons (Fsp3) is 0.774. The molecule has 0 unspecified atom stereocenters. The second-order valence-corrected chi connectivity index (χ2v) is 12.7. The Morgan fingerprint density at radius 3 is 2.32 bits per heavy atom. The lowest BCUT2D eigenvalue weighted by molar-refractivity contribution is -0.203. The summed E-state index contributed by atoms with van der Waals surface area (Å²) < 4.78 is 11.3. The third-order valence-corrected chi connectivity index (χ3v) is 10.8. The van der Waals surface area contributed by atoms with Crippen LogP contribution in [0.4, 0.5) is 0 Å². The van der Waals surface area contributed by atoms with E-state index in [0.29, 0.717) is 6.42 Å². The SMILES string of the molecule is CCC.CCC(=O)OCC(=O)[C@@]1(OC(=O)CC)[C@@H](C)C[C@H]2[C@@H]3CCC4=CCC=C[C@]4(C)[C@@]3(Cl)[C@@H](O)C[C@@]21C. The number of aliphatic hydroxyl groups excluding tert-OH is 1. The van der Waals surface area contributed by atoms with E-state index < -0.39 is 51.7 Å². The summed E-state index contributed by atoms with van der Waals surface area (Å²) in [6, 6.07) is 0. The van der Waals surface area contributed by atoms with Gasteiger partial charge in [0.15, 0.2) is 12.2 Å². The Bertz CT molecular complexity index is 989. The molecular formula is C31H47ClO6. The van der Waals surface area contributed by atoms with Gasteiger partial charge in [-0.05, 0) is 43.9 Å². The standard InChI is InChI=1S/C28H39ClO6.C3H8/c1-6-23(32)34-16-22(31)28(35-24(33)7-2)17(3)14-20-19-12-11-18-10-8-9-13-25(18,4)27(19,29)21(30)15-26(20,28)5;1-3-2/h9-10,13,17,19-21,30H,6-8,11-12,14-16H2,1-5H3;3H2,1-2H3/t17-,19-,20-,21-,25-,26-,27-,28-;/m0./s1. The van der Waals surface area contributed by atoms with Gasteiger partial charge in [-0.25, -0.2) is 0 Å². The van der Waals surface area contributed by atoms with Gasteiger partial charge in [-0.2, -0.15) is 0 Å². The highest BCUT2D eigenvalue weighted by Crippen LogP contribution is 2.72. The average molecular weight is 551 g/mol. The van der Waals surface area contributed by atoms with Crippen LogP contribution in [0.2, 0.25) is 0 Å². The molecule has 3 fully saturated rings. The van der Waals surface area contributed by atoms with Crippen molar-refractivity contribution in [3.8, 4) is 0 Å². The molecule has 7 heteroatoms. The number of ketones is 1. The first-order chi connectivity index (χ1) is 17.8. The van der Waals surface area contributed by atoms with Gasteiger partial charge in [-0.1, -0.05) is 78.7 Å². The molecule has 3 saturated carbocycles. The Labute approximate surface area is 233 Å². The number of carbonyl (C=O) groups is 3. The van der Waals surface area contributed by atoms with Crippen LogP contribution >= 0.6 is 11.6 Å². The number of aliphatic hydroxyl groups is 1. The third-order valence-electron chi connectivity index (χ3n) is 9.87. The van der Waals surface area contributed by atoms with E-state index >= 15 is 0 Å². The van der Waals surface area contributed by atoms with Crippen molar-refractivity contribution in [2.75, 3.05) is 6.61 Å². The molecule has 38 heavy (non-hydrogen) atoms. The minimum Gasteiger partial charge on any atom is -0.457 e. The van der Waals surface area contributed by atoms with Gasteiger partial charge >= 0.3 is 11.9 Å². The molecule has 4 aliphatic rings. The van der Waals surface area contributed by atoms with Crippen LogP contribution in [0.5, 0.6) is 0 Å². The Morgan fingerprint density at radius 2 is 1.71 bits per heavy atom. The zero-order valence-electron chi connectivity index (χ0n) is 24.3. The topological polar surface area (TPSA) is 89.9 Å². The van der Waals surface area contributed by atoms with Gasteiger partial charge in [0.25, 0.3) is 0 Å². The molecule has 0 aromatic heterocycles. The fourth-order valence-corrected chi connectivity index (χ4v) is 8.67. The normalized spacial score (nSPS) is 40.9. The van der Waals surface area contributed by atoms with Crippen LogP contribution in [0.15, 0.2) is 23.8 Å². The Balaban J connectivity index is 0.00000127.